The van der Waals surface area contributed by atoms with Crippen LogP contribution < -0.4 is 5.32 Å². The lowest BCUT2D eigenvalue weighted by molar-refractivity contribution is -0.142. The molecule has 3 rings (SSSR count). The van der Waals surface area contributed by atoms with E-state index < -0.39 is 5.97 Å². The van der Waals surface area contributed by atoms with Gasteiger partial charge in [-0.3, -0.25) is 4.79 Å². The molecule has 1 aromatic rings. The zero-order valence-electron chi connectivity index (χ0n) is 15.6. The fourth-order valence-electron chi connectivity index (χ4n) is 4.21. The van der Waals surface area contributed by atoms with Crippen molar-refractivity contribution in [2.75, 3.05) is 13.1 Å². The molecule has 142 valence electrons. The molecular weight excluding hydrogens is 328 g/mol. The van der Waals surface area contributed by atoms with E-state index in [1.165, 1.54) is 11.1 Å². The number of hydrogen-bond acceptors (Lipinski definition) is 2. The van der Waals surface area contributed by atoms with Gasteiger partial charge in [-0.05, 0) is 56.1 Å². The highest BCUT2D eigenvalue weighted by molar-refractivity contribution is 5.75. The Morgan fingerprint density at radius 3 is 2.42 bits per heavy atom. The molecule has 0 bridgehead atoms. The minimum atomic E-state index is -0.706. The summed E-state index contributed by atoms with van der Waals surface area (Å²) in [4.78, 5) is 25.6. The normalized spacial score (nSPS) is 26.3. The lowest BCUT2D eigenvalue weighted by Crippen LogP contribution is -2.49. The Hall–Kier alpha value is -2.04. The van der Waals surface area contributed by atoms with Crippen molar-refractivity contribution < 1.29 is 14.7 Å². The number of hydrogen-bond donors (Lipinski definition) is 2. The fraction of sp³-hybridized carbons (Fsp3) is 0.619. The number of aryl methyl sites for hydroxylation is 1. The predicted molar refractivity (Wildman–Crippen MR) is 101 cm³/mol. The van der Waals surface area contributed by atoms with Gasteiger partial charge in [-0.2, -0.15) is 0 Å². The van der Waals surface area contributed by atoms with Gasteiger partial charge in [-0.1, -0.05) is 31.2 Å². The maximum atomic E-state index is 12.7. The van der Waals surface area contributed by atoms with Crippen LogP contribution in [0.3, 0.4) is 0 Å². The summed E-state index contributed by atoms with van der Waals surface area (Å²) in [5.41, 5.74) is 2.66. The molecule has 0 spiro atoms. The van der Waals surface area contributed by atoms with Crippen molar-refractivity contribution in [3.63, 3.8) is 0 Å². The summed E-state index contributed by atoms with van der Waals surface area (Å²) in [6.45, 7) is 3.73. The van der Waals surface area contributed by atoms with Gasteiger partial charge in [0.1, 0.15) is 0 Å². The van der Waals surface area contributed by atoms with E-state index in [1.54, 1.807) is 0 Å². The number of carboxylic acids is 1. The molecule has 1 unspecified atom stereocenters. The van der Waals surface area contributed by atoms with Crippen LogP contribution in [0.2, 0.25) is 0 Å². The summed E-state index contributed by atoms with van der Waals surface area (Å²) in [6.07, 6.45) is 6.04. The monoisotopic (exact) mass is 358 g/mol. The highest BCUT2D eigenvalue weighted by Crippen LogP contribution is 2.28. The average molecular weight is 358 g/mol. The minimum Gasteiger partial charge on any atom is -0.481 e. The topological polar surface area (TPSA) is 69.6 Å². The van der Waals surface area contributed by atoms with Crippen LogP contribution in [0.4, 0.5) is 4.79 Å². The van der Waals surface area contributed by atoms with E-state index >= 15 is 0 Å². The molecule has 1 saturated carbocycles. The lowest BCUT2D eigenvalue weighted by atomic mass is 9.86. The zero-order chi connectivity index (χ0) is 18.5. The van der Waals surface area contributed by atoms with Crippen LogP contribution in [-0.2, 0) is 11.2 Å². The molecule has 5 nitrogen and oxygen atoms in total. The smallest absolute Gasteiger partial charge is 0.317 e. The first-order valence-corrected chi connectivity index (χ1v) is 9.94. The van der Waals surface area contributed by atoms with Crippen molar-refractivity contribution >= 4 is 12.0 Å². The molecule has 5 heteroatoms. The van der Waals surface area contributed by atoms with Gasteiger partial charge in [0, 0.05) is 25.0 Å². The summed E-state index contributed by atoms with van der Waals surface area (Å²) in [6, 6.07) is 8.92. The molecule has 1 atom stereocenters. The summed E-state index contributed by atoms with van der Waals surface area (Å²) in [5.74, 6) is -0.542. The van der Waals surface area contributed by atoms with Crippen molar-refractivity contribution in [3.05, 3.63) is 35.4 Å². The highest BCUT2D eigenvalue weighted by atomic mass is 16.4. The zero-order valence-corrected chi connectivity index (χ0v) is 15.6. The summed E-state index contributed by atoms with van der Waals surface area (Å²) in [7, 11) is 0. The van der Waals surface area contributed by atoms with Crippen molar-refractivity contribution in [3.8, 4) is 0 Å². The second-order valence-electron chi connectivity index (χ2n) is 7.72. The molecule has 0 radical (unpaired) electrons. The minimum absolute atomic E-state index is 0.0126. The average Bonchev–Trinajstić information content (AvgIpc) is 2.68. The summed E-state index contributed by atoms with van der Waals surface area (Å²) >= 11 is 0. The Kier molecular flexibility index (Phi) is 6.17. The van der Waals surface area contributed by atoms with Gasteiger partial charge in [0.2, 0.25) is 0 Å². The van der Waals surface area contributed by atoms with Gasteiger partial charge in [0.15, 0.2) is 0 Å². The molecule has 2 N–H and O–H groups in total. The van der Waals surface area contributed by atoms with Crippen LogP contribution in [0.15, 0.2) is 24.3 Å². The number of nitrogens with one attached hydrogen (secondary N) is 1. The number of carbonyl (C=O) groups excluding carboxylic acids is 1. The third kappa shape index (κ3) is 4.57. The standard InChI is InChI=1S/C21H30N2O3/c1-2-15-5-7-16(8-6-15)18-4-3-13-23(14-18)21(26)22-19-11-9-17(10-12-19)20(24)25/h5-8,17-19H,2-4,9-14H2,1H3,(H,22,26)(H,24,25). The van der Waals surface area contributed by atoms with E-state index in [1.807, 2.05) is 4.90 Å². The van der Waals surface area contributed by atoms with Gasteiger partial charge >= 0.3 is 12.0 Å². The van der Waals surface area contributed by atoms with Crippen LogP contribution >= 0.6 is 0 Å². The van der Waals surface area contributed by atoms with Crippen LogP contribution in [0, 0.1) is 5.92 Å². The largest absolute Gasteiger partial charge is 0.481 e. The van der Waals surface area contributed by atoms with Gasteiger partial charge in [-0.25, -0.2) is 4.79 Å². The number of aliphatic carboxylic acids is 1. The van der Waals surface area contributed by atoms with Crippen LogP contribution in [0.1, 0.15) is 62.5 Å². The van der Waals surface area contributed by atoms with Gasteiger partial charge < -0.3 is 15.3 Å². The second kappa shape index (κ2) is 8.56. The first-order chi connectivity index (χ1) is 12.6. The first kappa shape index (κ1) is 18.7. The molecular formula is C21H30N2O3. The van der Waals surface area contributed by atoms with Crippen molar-refractivity contribution in [1.29, 1.82) is 0 Å². The fourth-order valence-corrected chi connectivity index (χ4v) is 4.21. The molecule has 1 heterocycles. The third-order valence-electron chi connectivity index (χ3n) is 5.97. The quantitative estimate of drug-likeness (QED) is 0.860. The molecule has 1 aromatic carbocycles. The molecule has 2 amide bonds. The number of piperidine rings is 1. The number of nitrogens with zero attached hydrogens (tertiary/aromatic N) is 1. The Balaban J connectivity index is 1.52. The van der Waals surface area contributed by atoms with Gasteiger partial charge in [0.25, 0.3) is 0 Å². The SMILES string of the molecule is CCc1ccc(C2CCCN(C(=O)NC3CCC(C(=O)O)CC3)C2)cc1. The van der Waals surface area contributed by atoms with E-state index in [-0.39, 0.29) is 18.0 Å². The number of likely N-dealkylation sites (tertiary alicyclic amines) is 1. The first-order valence-electron chi connectivity index (χ1n) is 9.94. The number of urea groups is 1. The molecule has 1 aliphatic heterocycles. The molecule has 1 saturated heterocycles. The van der Waals surface area contributed by atoms with Crippen molar-refractivity contribution in [2.45, 2.75) is 63.8 Å². The number of benzene rings is 1. The Morgan fingerprint density at radius 2 is 1.81 bits per heavy atom. The Morgan fingerprint density at radius 1 is 1.12 bits per heavy atom. The van der Waals surface area contributed by atoms with E-state index in [9.17, 15) is 9.59 Å². The van der Waals surface area contributed by atoms with E-state index in [0.717, 1.165) is 45.2 Å². The van der Waals surface area contributed by atoms with E-state index in [4.69, 9.17) is 5.11 Å². The summed E-state index contributed by atoms with van der Waals surface area (Å²) < 4.78 is 0. The molecule has 26 heavy (non-hydrogen) atoms. The van der Waals surface area contributed by atoms with Crippen LogP contribution in [-0.4, -0.2) is 41.1 Å². The highest BCUT2D eigenvalue weighted by Gasteiger charge is 2.29. The number of amides is 2. The maximum Gasteiger partial charge on any atom is 0.317 e. The Labute approximate surface area is 155 Å². The predicted octanol–water partition coefficient (Wildman–Crippen LogP) is 3.78. The third-order valence-corrected chi connectivity index (χ3v) is 5.97. The Bertz CT molecular complexity index is 621. The number of carbonyl (C=O) groups is 2. The lowest BCUT2D eigenvalue weighted by Gasteiger charge is -2.35. The molecule has 2 fully saturated rings. The summed E-state index contributed by atoms with van der Waals surface area (Å²) in [5, 5.41) is 12.2. The van der Waals surface area contributed by atoms with E-state index in [2.05, 4.69) is 36.5 Å². The van der Waals surface area contributed by atoms with Gasteiger partial charge in [-0.15, -0.1) is 0 Å². The second-order valence-corrected chi connectivity index (χ2v) is 7.72. The van der Waals surface area contributed by atoms with Crippen molar-refractivity contribution in [1.82, 2.24) is 10.2 Å². The van der Waals surface area contributed by atoms with Gasteiger partial charge in [0.05, 0.1) is 5.92 Å². The van der Waals surface area contributed by atoms with Crippen LogP contribution in [0.5, 0.6) is 0 Å². The number of rotatable bonds is 4. The molecule has 2 aliphatic rings. The molecule has 1 aliphatic carbocycles. The van der Waals surface area contributed by atoms with Crippen LogP contribution in [0.25, 0.3) is 0 Å². The van der Waals surface area contributed by atoms with E-state index in [0.29, 0.717) is 18.8 Å². The maximum absolute atomic E-state index is 12.7. The van der Waals surface area contributed by atoms with Crippen molar-refractivity contribution in [2.24, 2.45) is 5.92 Å². The number of carboxylic acid groups (broad SMARTS) is 1. The molecule has 0 aromatic heterocycles.